The third-order valence-electron chi connectivity index (χ3n) is 3.69. The first-order valence-corrected chi connectivity index (χ1v) is 7.03. The van der Waals surface area contributed by atoms with Crippen molar-refractivity contribution >= 4 is 22.0 Å². The topological polar surface area (TPSA) is 22.0 Å². The van der Waals surface area contributed by atoms with Gasteiger partial charge in [0.25, 0.3) is 5.56 Å². The van der Waals surface area contributed by atoms with Crippen molar-refractivity contribution in [2.75, 3.05) is 0 Å². The maximum atomic E-state index is 12.3. The molecule has 90 valence electrons. The van der Waals surface area contributed by atoms with Crippen LogP contribution in [0.1, 0.15) is 37.3 Å². The number of pyridine rings is 1. The quantitative estimate of drug-likeness (QED) is 0.837. The van der Waals surface area contributed by atoms with Crippen molar-refractivity contribution < 1.29 is 0 Å². The molecule has 1 aromatic rings. The van der Waals surface area contributed by atoms with Crippen molar-refractivity contribution in [1.29, 1.82) is 0 Å². The van der Waals surface area contributed by atoms with Gasteiger partial charge < -0.3 is 4.57 Å². The Kier molecular flexibility index (Phi) is 2.74. The van der Waals surface area contributed by atoms with Crippen molar-refractivity contribution in [2.45, 2.75) is 39.2 Å². The van der Waals surface area contributed by atoms with Crippen molar-refractivity contribution in [3.63, 3.8) is 0 Å². The van der Waals surface area contributed by atoms with E-state index in [0.717, 1.165) is 40.9 Å². The Morgan fingerprint density at radius 3 is 2.94 bits per heavy atom. The van der Waals surface area contributed by atoms with Gasteiger partial charge in [0.2, 0.25) is 0 Å². The number of rotatable bonds is 3. The number of fused-ring (bicyclic) bond motifs is 1. The summed E-state index contributed by atoms with van der Waals surface area (Å²) in [6.45, 7) is 2.95. The number of hydrogen-bond acceptors (Lipinski definition) is 1. The summed E-state index contributed by atoms with van der Waals surface area (Å²) in [4.78, 5) is 12.3. The monoisotopic (exact) mass is 293 g/mol. The van der Waals surface area contributed by atoms with Gasteiger partial charge in [0.1, 0.15) is 0 Å². The molecule has 0 amide bonds. The van der Waals surface area contributed by atoms with Gasteiger partial charge in [-0.15, -0.1) is 0 Å². The zero-order chi connectivity index (χ0) is 12.0. The second kappa shape index (κ2) is 4.13. The number of allylic oxidation sites excluding steroid dienone is 1. The van der Waals surface area contributed by atoms with Gasteiger partial charge in [-0.25, -0.2) is 0 Å². The lowest BCUT2D eigenvalue weighted by atomic mass is 10.1. The van der Waals surface area contributed by atoms with Gasteiger partial charge in [-0.05, 0) is 47.2 Å². The molecule has 1 heterocycles. The summed E-state index contributed by atoms with van der Waals surface area (Å²) in [6.07, 6.45) is 8.74. The zero-order valence-corrected chi connectivity index (χ0v) is 11.6. The average molecular weight is 294 g/mol. The molecule has 0 radical (unpaired) electrons. The smallest absolute Gasteiger partial charge is 0.254 e. The molecule has 0 unspecified atom stereocenters. The standard InChI is InChI=1S/C14H16BrNO/c1-9-6-11-12(7-9)14(17)16(8-13(11)15)5-4-10-2-3-10/h6,8,10H,2-5,7H2,1H3. The van der Waals surface area contributed by atoms with E-state index in [-0.39, 0.29) is 5.56 Å². The first-order chi connectivity index (χ1) is 8.15. The minimum Gasteiger partial charge on any atom is -0.314 e. The maximum Gasteiger partial charge on any atom is 0.254 e. The Hall–Kier alpha value is -0.830. The molecule has 0 atom stereocenters. The summed E-state index contributed by atoms with van der Waals surface area (Å²) < 4.78 is 2.94. The number of aryl methyl sites for hydroxylation is 1. The highest BCUT2D eigenvalue weighted by molar-refractivity contribution is 9.10. The fourth-order valence-electron chi connectivity index (χ4n) is 2.50. The molecule has 2 aliphatic rings. The zero-order valence-electron chi connectivity index (χ0n) is 10.0. The van der Waals surface area contributed by atoms with Crippen LogP contribution in [0, 0.1) is 5.92 Å². The largest absolute Gasteiger partial charge is 0.314 e. The van der Waals surface area contributed by atoms with Crippen LogP contribution < -0.4 is 5.56 Å². The minimum absolute atomic E-state index is 0.206. The molecule has 17 heavy (non-hydrogen) atoms. The SMILES string of the molecule is CC1=Cc2c(Br)cn(CCC3CC3)c(=O)c2C1. The van der Waals surface area contributed by atoms with Gasteiger partial charge in [0.05, 0.1) is 0 Å². The third kappa shape index (κ3) is 2.13. The third-order valence-corrected chi connectivity index (χ3v) is 4.32. The Balaban J connectivity index is 1.94. The van der Waals surface area contributed by atoms with Gasteiger partial charge in [0.15, 0.2) is 0 Å². The van der Waals surface area contributed by atoms with E-state index in [1.807, 2.05) is 10.8 Å². The van der Waals surface area contributed by atoms with Crippen LogP contribution in [0.25, 0.3) is 6.08 Å². The van der Waals surface area contributed by atoms with Gasteiger partial charge in [-0.2, -0.15) is 0 Å². The number of aromatic nitrogens is 1. The van der Waals surface area contributed by atoms with E-state index in [1.54, 1.807) is 0 Å². The lowest BCUT2D eigenvalue weighted by Gasteiger charge is -2.09. The molecule has 1 aromatic heterocycles. The molecule has 1 saturated carbocycles. The van der Waals surface area contributed by atoms with Crippen molar-refractivity contribution in [3.05, 3.63) is 37.7 Å². The molecule has 3 rings (SSSR count). The lowest BCUT2D eigenvalue weighted by molar-refractivity contribution is 0.577. The van der Waals surface area contributed by atoms with Crippen LogP contribution in [-0.4, -0.2) is 4.57 Å². The highest BCUT2D eigenvalue weighted by Gasteiger charge is 2.22. The first-order valence-electron chi connectivity index (χ1n) is 6.24. The molecule has 2 nitrogen and oxygen atoms in total. The Morgan fingerprint density at radius 2 is 2.24 bits per heavy atom. The average Bonchev–Trinajstić information content (AvgIpc) is 3.03. The van der Waals surface area contributed by atoms with E-state index in [0.29, 0.717) is 0 Å². The van der Waals surface area contributed by atoms with E-state index in [9.17, 15) is 4.79 Å². The normalized spacial score (nSPS) is 18.1. The van der Waals surface area contributed by atoms with Crippen LogP contribution in [0.5, 0.6) is 0 Å². The van der Waals surface area contributed by atoms with Gasteiger partial charge in [0, 0.05) is 22.8 Å². The maximum absolute atomic E-state index is 12.3. The number of nitrogens with zero attached hydrogens (tertiary/aromatic N) is 1. The van der Waals surface area contributed by atoms with Crippen molar-refractivity contribution in [2.24, 2.45) is 5.92 Å². The van der Waals surface area contributed by atoms with E-state index in [2.05, 4.69) is 28.9 Å². The molecule has 1 fully saturated rings. The molecule has 0 aromatic carbocycles. The van der Waals surface area contributed by atoms with Gasteiger partial charge in [-0.1, -0.05) is 24.5 Å². The van der Waals surface area contributed by atoms with Gasteiger partial charge >= 0.3 is 0 Å². The second-order valence-electron chi connectivity index (χ2n) is 5.27. The highest BCUT2D eigenvalue weighted by atomic mass is 79.9. The predicted octanol–water partition coefficient (Wildman–Crippen LogP) is 3.37. The van der Waals surface area contributed by atoms with E-state index in [4.69, 9.17) is 0 Å². The van der Waals surface area contributed by atoms with Crippen LogP contribution in [-0.2, 0) is 13.0 Å². The molecule has 0 bridgehead atoms. The molecule has 0 spiro atoms. The summed E-state index contributed by atoms with van der Waals surface area (Å²) in [7, 11) is 0. The van der Waals surface area contributed by atoms with E-state index >= 15 is 0 Å². The Morgan fingerprint density at radius 1 is 1.47 bits per heavy atom. The second-order valence-corrected chi connectivity index (χ2v) is 6.12. The summed E-state index contributed by atoms with van der Waals surface area (Å²) in [5, 5.41) is 0. The Bertz CT molecular complexity index is 552. The molecule has 0 N–H and O–H groups in total. The number of hydrogen-bond donors (Lipinski definition) is 0. The van der Waals surface area contributed by atoms with Gasteiger partial charge in [-0.3, -0.25) is 4.79 Å². The van der Waals surface area contributed by atoms with E-state index in [1.165, 1.54) is 18.4 Å². The summed E-state index contributed by atoms with van der Waals surface area (Å²) in [5.74, 6) is 0.869. The minimum atomic E-state index is 0.206. The van der Waals surface area contributed by atoms with E-state index < -0.39 is 0 Å². The Labute approximate surface area is 109 Å². The van der Waals surface area contributed by atoms with Crippen LogP contribution in [0.15, 0.2) is 21.0 Å². The molecule has 2 aliphatic carbocycles. The van der Waals surface area contributed by atoms with Crippen molar-refractivity contribution in [1.82, 2.24) is 4.57 Å². The molecular formula is C14H16BrNO. The van der Waals surface area contributed by atoms with Crippen LogP contribution in [0.3, 0.4) is 0 Å². The fraction of sp³-hybridized carbons (Fsp3) is 0.500. The molecular weight excluding hydrogens is 278 g/mol. The predicted molar refractivity (Wildman–Crippen MR) is 73.1 cm³/mol. The van der Waals surface area contributed by atoms with Crippen LogP contribution in [0.2, 0.25) is 0 Å². The fourth-order valence-corrected chi connectivity index (χ4v) is 3.10. The molecule has 0 aliphatic heterocycles. The summed E-state index contributed by atoms with van der Waals surface area (Å²) in [5.41, 5.74) is 3.54. The van der Waals surface area contributed by atoms with Crippen LogP contribution >= 0.6 is 15.9 Å². The number of halogens is 1. The summed E-state index contributed by atoms with van der Waals surface area (Å²) >= 11 is 3.58. The van der Waals surface area contributed by atoms with Crippen LogP contribution in [0.4, 0.5) is 0 Å². The van der Waals surface area contributed by atoms with Crippen molar-refractivity contribution in [3.8, 4) is 0 Å². The summed E-state index contributed by atoms with van der Waals surface area (Å²) in [6, 6.07) is 0. The lowest BCUT2D eigenvalue weighted by Crippen LogP contribution is -2.24. The highest BCUT2D eigenvalue weighted by Crippen LogP contribution is 2.33. The molecule has 3 heteroatoms. The molecule has 0 saturated heterocycles. The first kappa shape index (κ1) is 11.3.